The Labute approximate surface area is 172 Å². The number of anilines is 1. The van der Waals surface area contributed by atoms with Gasteiger partial charge < -0.3 is 9.80 Å². The first-order valence-corrected chi connectivity index (χ1v) is 10.4. The molecule has 0 bridgehead atoms. The van der Waals surface area contributed by atoms with Crippen molar-refractivity contribution in [2.45, 2.75) is 31.0 Å². The van der Waals surface area contributed by atoms with Gasteiger partial charge in [-0.2, -0.15) is 0 Å². The van der Waals surface area contributed by atoms with E-state index in [0.29, 0.717) is 0 Å². The van der Waals surface area contributed by atoms with Crippen molar-refractivity contribution in [1.82, 2.24) is 4.90 Å². The molecule has 3 aromatic rings. The number of rotatable bonds is 5. The molecule has 0 spiro atoms. The Balaban J connectivity index is 1.61. The summed E-state index contributed by atoms with van der Waals surface area (Å²) in [5, 5.41) is 0.121. The van der Waals surface area contributed by atoms with Crippen molar-refractivity contribution < 1.29 is 0 Å². The molecule has 0 saturated carbocycles. The summed E-state index contributed by atoms with van der Waals surface area (Å²) >= 11 is 1.83. The average molecular weight is 385 g/mol. The highest BCUT2D eigenvalue weighted by Crippen LogP contribution is 2.42. The lowest BCUT2D eigenvalue weighted by Crippen LogP contribution is -2.23. The second-order valence-electron chi connectivity index (χ2n) is 7.12. The van der Waals surface area contributed by atoms with E-state index in [0.717, 1.165) is 0 Å². The normalized spacial score (nSPS) is 14.5. The van der Waals surface area contributed by atoms with Crippen molar-refractivity contribution in [1.29, 1.82) is 0 Å². The minimum atomic E-state index is 0.121. The van der Waals surface area contributed by atoms with Gasteiger partial charge in [0.1, 0.15) is 5.37 Å². The molecule has 3 heteroatoms. The molecule has 1 aliphatic rings. The van der Waals surface area contributed by atoms with E-state index in [2.05, 4.69) is 122 Å². The van der Waals surface area contributed by atoms with Crippen LogP contribution in [0.25, 0.3) is 0 Å². The third kappa shape index (κ3) is 3.95. The molecule has 0 N–H and O–H groups in total. The number of benzene rings is 3. The Kier molecular flexibility index (Phi) is 5.45. The molecule has 0 aromatic heterocycles. The highest BCUT2D eigenvalue weighted by molar-refractivity contribution is 7.99. The lowest BCUT2D eigenvalue weighted by Gasteiger charge is -2.29. The van der Waals surface area contributed by atoms with Crippen molar-refractivity contribution in [2.75, 3.05) is 4.90 Å². The van der Waals surface area contributed by atoms with Crippen LogP contribution in [-0.2, 0) is 0 Å². The molecule has 4 rings (SSSR count). The zero-order chi connectivity index (χ0) is 19.5. The molecule has 0 amide bonds. The van der Waals surface area contributed by atoms with Crippen LogP contribution in [0.1, 0.15) is 27.6 Å². The lowest BCUT2D eigenvalue weighted by molar-refractivity contribution is 0.450. The van der Waals surface area contributed by atoms with Gasteiger partial charge in [0.2, 0.25) is 6.67 Å². The van der Waals surface area contributed by atoms with Crippen molar-refractivity contribution >= 4 is 17.4 Å². The van der Waals surface area contributed by atoms with Gasteiger partial charge >= 0.3 is 0 Å². The van der Waals surface area contributed by atoms with Gasteiger partial charge in [0.25, 0.3) is 0 Å². The number of hydrogen-bond donors (Lipinski definition) is 0. The van der Waals surface area contributed by atoms with Gasteiger partial charge in [0, 0.05) is 23.0 Å². The van der Waals surface area contributed by atoms with E-state index >= 15 is 0 Å². The number of hydrogen-bond acceptors (Lipinski definition) is 3. The van der Waals surface area contributed by atoms with E-state index in [1.807, 2.05) is 11.8 Å². The topological polar surface area (TPSA) is 6.48 Å². The summed E-state index contributed by atoms with van der Waals surface area (Å²) in [5.41, 5.74) is 6.29. The van der Waals surface area contributed by atoms with Gasteiger partial charge in [-0.3, -0.25) is 0 Å². The first kappa shape index (κ1) is 18.7. The summed E-state index contributed by atoms with van der Waals surface area (Å²) in [6.45, 7) is 10.0. The highest BCUT2D eigenvalue weighted by Gasteiger charge is 2.27. The second-order valence-corrected chi connectivity index (χ2v) is 8.27. The minimum absolute atomic E-state index is 0.121. The molecule has 2 radical (unpaired) electrons. The Morgan fingerprint density at radius 3 is 2.04 bits per heavy atom. The largest absolute Gasteiger partial charge is 0.329 e. The van der Waals surface area contributed by atoms with Gasteiger partial charge in [-0.05, 0) is 49.6 Å². The molecule has 140 valence electrons. The summed E-state index contributed by atoms with van der Waals surface area (Å²) in [7, 11) is 0. The molecule has 1 heterocycles. The summed E-state index contributed by atoms with van der Waals surface area (Å²) in [6, 6.07) is 25.6. The highest BCUT2D eigenvalue weighted by atomic mass is 32.2. The predicted molar refractivity (Wildman–Crippen MR) is 119 cm³/mol. The molecule has 0 fully saturated rings. The van der Waals surface area contributed by atoms with E-state index < -0.39 is 0 Å². The van der Waals surface area contributed by atoms with Crippen LogP contribution in [0.5, 0.6) is 0 Å². The van der Waals surface area contributed by atoms with E-state index in [4.69, 9.17) is 0 Å². The smallest absolute Gasteiger partial charge is 0.214 e. The summed E-state index contributed by atoms with van der Waals surface area (Å²) < 4.78 is 0. The first-order valence-electron chi connectivity index (χ1n) is 9.48. The fourth-order valence-electron chi connectivity index (χ4n) is 3.67. The van der Waals surface area contributed by atoms with Crippen molar-refractivity contribution in [3.05, 3.63) is 114 Å². The van der Waals surface area contributed by atoms with E-state index in [1.165, 1.54) is 32.8 Å². The molecule has 2 nitrogen and oxygen atoms in total. The van der Waals surface area contributed by atoms with E-state index in [-0.39, 0.29) is 5.37 Å². The maximum absolute atomic E-state index is 3.56. The first-order chi connectivity index (χ1) is 13.6. The van der Waals surface area contributed by atoms with Crippen LogP contribution in [0.3, 0.4) is 0 Å². The maximum atomic E-state index is 3.56. The zero-order valence-corrected chi connectivity index (χ0v) is 17.3. The SMILES string of the molecule is Cc1cc(C)c(N2[C]N(C(Sc3ccccc3)c3ccccc3)C=C2)c(C)c1. The third-order valence-electron chi connectivity index (χ3n) is 4.80. The monoisotopic (exact) mass is 384 g/mol. The fraction of sp³-hybridized carbons (Fsp3) is 0.160. The van der Waals surface area contributed by atoms with E-state index in [1.54, 1.807) is 0 Å². The van der Waals surface area contributed by atoms with Gasteiger partial charge in [0.05, 0.1) is 0 Å². The van der Waals surface area contributed by atoms with Crippen molar-refractivity contribution in [2.24, 2.45) is 0 Å². The minimum Gasteiger partial charge on any atom is -0.329 e. The van der Waals surface area contributed by atoms with Crippen molar-refractivity contribution in [3.63, 3.8) is 0 Å². The van der Waals surface area contributed by atoms with Gasteiger partial charge in [-0.15, -0.1) is 0 Å². The Hall–Kier alpha value is -2.65. The molecule has 28 heavy (non-hydrogen) atoms. The Bertz CT molecular complexity index is 943. The Morgan fingerprint density at radius 1 is 0.786 bits per heavy atom. The van der Waals surface area contributed by atoms with Gasteiger partial charge in [-0.25, -0.2) is 0 Å². The fourth-order valence-corrected chi connectivity index (χ4v) is 4.76. The molecule has 1 aliphatic heterocycles. The summed E-state index contributed by atoms with van der Waals surface area (Å²) in [6.07, 6.45) is 4.22. The van der Waals surface area contributed by atoms with Crippen LogP contribution in [0.2, 0.25) is 0 Å². The quantitative estimate of drug-likeness (QED) is 0.452. The second kappa shape index (κ2) is 8.15. The Morgan fingerprint density at radius 2 is 1.39 bits per heavy atom. The van der Waals surface area contributed by atoms with Crippen LogP contribution >= 0.6 is 11.8 Å². The molecular formula is C25H24N2S. The van der Waals surface area contributed by atoms with E-state index in [9.17, 15) is 0 Å². The lowest BCUT2D eigenvalue weighted by atomic mass is 10.0. The van der Waals surface area contributed by atoms with Crippen LogP contribution in [0, 0.1) is 27.4 Å². The molecule has 1 unspecified atom stereocenters. The summed E-state index contributed by atoms with van der Waals surface area (Å²) in [4.78, 5) is 5.53. The van der Waals surface area contributed by atoms with Crippen molar-refractivity contribution in [3.8, 4) is 0 Å². The third-order valence-corrected chi connectivity index (χ3v) is 6.07. The van der Waals surface area contributed by atoms with Crippen LogP contribution in [0.4, 0.5) is 5.69 Å². The predicted octanol–water partition coefficient (Wildman–Crippen LogP) is 6.69. The van der Waals surface area contributed by atoms with Gasteiger partial charge in [-0.1, -0.05) is 78.0 Å². The molecular weight excluding hydrogens is 360 g/mol. The number of nitrogens with zero attached hydrogens (tertiary/aromatic N) is 2. The maximum Gasteiger partial charge on any atom is 0.214 e. The average Bonchev–Trinajstić information content (AvgIpc) is 3.16. The molecule has 3 aromatic carbocycles. The molecule has 1 atom stereocenters. The molecule has 0 saturated heterocycles. The standard InChI is InChI=1S/C25H24N2S/c1-19-16-20(2)24(21(3)17-19)26-14-15-27(18-26)25(22-10-6-4-7-11-22)28-23-12-8-5-9-13-23/h4-17,25H,1-3H3. The molecule has 0 aliphatic carbocycles. The summed E-state index contributed by atoms with van der Waals surface area (Å²) in [5.74, 6) is 0. The zero-order valence-electron chi connectivity index (χ0n) is 16.5. The van der Waals surface area contributed by atoms with Crippen LogP contribution in [-0.4, -0.2) is 4.90 Å². The van der Waals surface area contributed by atoms with Crippen LogP contribution in [0.15, 0.2) is 90.1 Å². The number of aryl methyl sites for hydroxylation is 3. The number of thioether (sulfide) groups is 1. The van der Waals surface area contributed by atoms with Crippen LogP contribution < -0.4 is 4.90 Å². The van der Waals surface area contributed by atoms with Gasteiger partial charge in [0.15, 0.2) is 0 Å².